The molecule has 0 radical (unpaired) electrons. The van der Waals surface area contributed by atoms with Gasteiger partial charge >= 0.3 is 5.97 Å². The molecular weight excluding hydrogens is 336 g/mol. The van der Waals surface area contributed by atoms with Crippen LogP contribution in [0.1, 0.15) is 50.4 Å². The number of aryl methyl sites for hydroxylation is 3. The maximum Gasteiger partial charge on any atom is 0.338 e. The quantitative estimate of drug-likeness (QED) is 0.633. The number of hydrogen-bond acceptors (Lipinski definition) is 3. The minimum atomic E-state index is -0.956. The van der Waals surface area contributed by atoms with E-state index in [2.05, 4.69) is 0 Å². The second-order valence-corrected chi connectivity index (χ2v) is 6.96. The van der Waals surface area contributed by atoms with E-state index in [1.54, 1.807) is 12.1 Å². The van der Waals surface area contributed by atoms with Crippen LogP contribution in [0.4, 0.5) is 0 Å². The predicted octanol–water partition coefficient (Wildman–Crippen LogP) is 5.24. The van der Waals surface area contributed by atoms with Gasteiger partial charge in [-0.3, -0.25) is 0 Å². The Morgan fingerprint density at radius 3 is 1.59 bits per heavy atom. The van der Waals surface area contributed by atoms with E-state index in [-0.39, 0.29) is 0 Å². The number of hydrogen-bond donors (Lipinski definition) is 1. The molecule has 0 saturated heterocycles. The van der Waals surface area contributed by atoms with Crippen molar-refractivity contribution >= 4 is 5.97 Å². The fraction of sp³-hybridized carbons (Fsp3) is 0.208. The van der Waals surface area contributed by atoms with Gasteiger partial charge in [-0.2, -0.15) is 0 Å². The van der Waals surface area contributed by atoms with Gasteiger partial charge in [-0.05, 0) is 44.0 Å². The van der Waals surface area contributed by atoms with Crippen molar-refractivity contribution in [3.63, 3.8) is 0 Å². The average molecular weight is 360 g/mol. The van der Waals surface area contributed by atoms with Gasteiger partial charge in [-0.25, -0.2) is 4.79 Å². The number of ether oxygens (including phenoxy) is 1. The van der Waals surface area contributed by atoms with Gasteiger partial charge in [0.2, 0.25) is 0 Å². The van der Waals surface area contributed by atoms with Crippen molar-refractivity contribution in [2.45, 2.75) is 33.0 Å². The van der Waals surface area contributed by atoms with Gasteiger partial charge in [0.1, 0.15) is 6.10 Å². The standard InChI is InChI=1S/C24H24O3/c1-16-4-10-19(11-5-16)22(25)23(20-12-6-17(2)7-13-20)27-24(26)21-14-8-18(3)9-15-21/h4-15,22-23,25H,1-3H3/t22-,23+/m0/s1. The Balaban J connectivity index is 1.91. The highest BCUT2D eigenvalue weighted by Gasteiger charge is 2.27. The molecule has 0 aromatic heterocycles. The van der Waals surface area contributed by atoms with Crippen LogP contribution < -0.4 is 0 Å². The molecule has 3 rings (SSSR count). The van der Waals surface area contributed by atoms with E-state index in [9.17, 15) is 9.90 Å². The van der Waals surface area contributed by atoms with Crippen LogP contribution in [-0.2, 0) is 4.74 Å². The van der Waals surface area contributed by atoms with Crippen LogP contribution >= 0.6 is 0 Å². The topological polar surface area (TPSA) is 46.5 Å². The zero-order chi connectivity index (χ0) is 19.4. The monoisotopic (exact) mass is 360 g/mol. The maximum atomic E-state index is 12.7. The minimum Gasteiger partial charge on any atom is -0.451 e. The van der Waals surface area contributed by atoms with E-state index in [1.807, 2.05) is 81.4 Å². The van der Waals surface area contributed by atoms with E-state index in [4.69, 9.17) is 4.74 Å². The van der Waals surface area contributed by atoms with Crippen molar-refractivity contribution in [3.05, 3.63) is 106 Å². The van der Waals surface area contributed by atoms with Crippen LogP contribution in [0.25, 0.3) is 0 Å². The van der Waals surface area contributed by atoms with E-state index in [1.165, 1.54) is 0 Å². The molecule has 0 bridgehead atoms. The third kappa shape index (κ3) is 4.63. The van der Waals surface area contributed by atoms with E-state index >= 15 is 0 Å². The summed E-state index contributed by atoms with van der Waals surface area (Å²) in [5.41, 5.74) is 5.22. The zero-order valence-corrected chi connectivity index (χ0v) is 15.8. The molecule has 0 saturated carbocycles. The van der Waals surface area contributed by atoms with Gasteiger partial charge in [-0.15, -0.1) is 0 Å². The normalized spacial score (nSPS) is 13.0. The second-order valence-electron chi connectivity index (χ2n) is 6.96. The zero-order valence-electron chi connectivity index (χ0n) is 15.8. The Hall–Kier alpha value is -2.91. The second kappa shape index (κ2) is 8.19. The van der Waals surface area contributed by atoms with Crippen molar-refractivity contribution in [1.29, 1.82) is 0 Å². The fourth-order valence-electron chi connectivity index (χ4n) is 2.88. The van der Waals surface area contributed by atoms with Gasteiger partial charge in [0.15, 0.2) is 6.10 Å². The third-order valence-corrected chi connectivity index (χ3v) is 4.63. The molecule has 138 valence electrons. The van der Waals surface area contributed by atoms with Crippen molar-refractivity contribution in [1.82, 2.24) is 0 Å². The van der Waals surface area contributed by atoms with Gasteiger partial charge in [-0.1, -0.05) is 77.4 Å². The van der Waals surface area contributed by atoms with Crippen LogP contribution in [0.3, 0.4) is 0 Å². The molecule has 0 heterocycles. The number of carbonyl (C=O) groups excluding carboxylic acids is 1. The Kier molecular flexibility index (Phi) is 5.72. The summed E-state index contributed by atoms with van der Waals surface area (Å²) in [7, 11) is 0. The van der Waals surface area contributed by atoms with E-state index < -0.39 is 18.2 Å². The number of aliphatic hydroxyl groups is 1. The van der Waals surface area contributed by atoms with Gasteiger partial charge in [0.25, 0.3) is 0 Å². The number of carbonyl (C=O) groups is 1. The molecule has 0 unspecified atom stereocenters. The molecule has 3 aromatic carbocycles. The molecule has 0 aliphatic carbocycles. The summed E-state index contributed by atoms with van der Waals surface area (Å²) in [6.45, 7) is 5.95. The summed E-state index contributed by atoms with van der Waals surface area (Å²) in [5, 5.41) is 11.0. The van der Waals surface area contributed by atoms with Crippen molar-refractivity contribution < 1.29 is 14.6 Å². The Bertz CT molecular complexity index is 894. The van der Waals surface area contributed by atoms with Crippen LogP contribution in [0.2, 0.25) is 0 Å². The highest BCUT2D eigenvalue weighted by Crippen LogP contribution is 2.33. The smallest absolute Gasteiger partial charge is 0.338 e. The van der Waals surface area contributed by atoms with E-state index in [0.717, 1.165) is 22.3 Å². The first-order valence-electron chi connectivity index (χ1n) is 9.03. The molecule has 0 fully saturated rings. The Morgan fingerprint density at radius 2 is 1.11 bits per heavy atom. The highest BCUT2D eigenvalue weighted by atomic mass is 16.6. The molecule has 27 heavy (non-hydrogen) atoms. The molecule has 0 aliphatic heterocycles. The van der Waals surface area contributed by atoms with Crippen molar-refractivity contribution in [2.75, 3.05) is 0 Å². The van der Waals surface area contributed by atoms with Crippen molar-refractivity contribution in [3.8, 4) is 0 Å². The predicted molar refractivity (Wildman–Crippen MR) is 107 cm³/mol. The summed E-state index contributed by atoms with van der Waals surface area (Å²) < 4.78 is 5.76. The molecule has 0 spiro atoms. The first-order valence-corrected chi connectivity index (χ1v) is 9.03. The lowest BCUT2D eigenvalue weighted by Gasteiger charge is -2.24. The third-order valence-electron chi connectivity index (χ3n) is 4.63. The Morgan fingerprint density at radius 1 is 0.704 bits per heavy atom. The maximum absolute atomic E-state index is 12.7. The first kappa shape index (κ1) is 18.9. The summed E-state index contributed by atoms with van der Waals surface area (Å²) in [5.74, 6) is -0.452. The lowest BCUT2D eigenvalue weighted by Crippen LogP contribution is -2.19. The lowest BCUT2D eigenvalue weighted by molar-refractivity contribution is -0.0209. The summed E-state index contributed by atoms with van der Waals surface area (Å²) in [6.07, 6.45) is -1.75. The molecule has 3 heteroatoms. The molecule has 3 nitrogen and oxygen atoms in total. The minimum absolute atomic E-state index is 0.452. The summed E-state index contributed by atoms with van der Waals surface area (Å²) >= 11 is 0. The van der Waals surface area contributed by atoms with Crippen LogP contribution in [0, 0.1) is 20.8 Å². The lowest BCUT2D eigenvalue weighted by atomic mass is 9.96. The fourth-order valence-corrected chi connectivity index (χ4v) is 2.88. The summed E-state index contributed by atoms with van der Waals surface area (Å²) in [6, 6.07) is 22.5. The first-order chi connectivity index (χ1) is 12.9. The van der Waals surface area contributed by atoms with Crippen LogP contribution in [0.15, 0.2) is 72.8 Å². The largest absolute Gasteiger partial charge is 0.451 e. The van der Waals surface area contributed by atoms with E-state index in [0.29, 0.717) is 11.1 Å². The van der Waals surface area contributed by atoms with Crippen LogP contribution in [-0.4, -0.2) is 11.1 Å². The molecule has 0 amide bonds. The van der Waals surface area contributed by atoms with Crippen molar-refractivity contribution in [2.24, 2.45) is 0 Å². The molecule has 2 atom stereocenters. The molecule has 1 N–H and O–H groups in total. The van der Waals surface area contributed by atoms with Gasteiger partial charge < -0.3 is 9.84 Å². The highest BCUT2D eigenvalue weighted by molar-refractivity contribution is 5.89. The van der Waals surface area contributed by atoms with Crippen LogP contribution in [0.5, 0.6) is 0 Å². The van der Waals surface area contributed by atoms with Gasteiger partial charge in [0, 0.05) is 0 Å². The summed E-state index contributed by atoms with van der Waals surface area (Å²) in [4.78, 5) is 12.7. The van der Waals surface area contributed by atoms with Gasteiger partial charge in [0.05, 0.1) is 5.56 Å². The number of benzene rings is 3. The molecular formula is C24H24O3. The Labute approximate surface area is 160 Å². The SMILES string of the molecule is Cc1ccc(C(=O)O[C@H](c2ccc(C)cc2)[C@@H](O)c2ccc(C)cc2)cc1. The molecule has 3 aromatic rings. The average Bonchev–Trinajstić information content (AvgIpc) is 2.67. The molecule has 0 aliphatic rings. The number of aliphatic hydroxyl groups excluding tert-OH is 1. The number of esters is 1. The number of rotatable bonds is 5.